The number of nitrogens with zero attached hydrogens (tertiary/aromatic N) is 2. The van der Waals surface area contributed by atoms with E-state index in [4.69, 9.17) is 4.42 Å². The number of aromatic hydroxyl groups is 1. The van der Waals surface area contributed by atoms with Crippen molar-refractivity contribution in [1.82, 2.24) is 15.2 Å². The number of carbonyl (C=O) groups is 3. The van der Waals surface area contributed by atoms with Crippen molar-refractivity contribution in [3.05, 3.63) is 58.8 Å². The lowest BCUT2D eigenvalue weighted by Gasteiger charge is -2.27. The van der Waals surface area contributed by atoms with Crippen LogP contribution in [0.4, 0.5) is 5.69 Å². The number of para-hydroxylation sites is 1. The highest BCUT2D eigenvalue weighted by Gasteiger charge is 2.37. The lowest BCUT2D eigenvalue weighted by atomic mass is 10.1. The zero-order chi connectivity index (χ0) is 23.6. The Bertz CT molecular complexity index is 1090. The van der Waals surface area contributed by atoms with E-state index in [-0.39, 0.29) is 34.4 Å². The minimum absolute atomic E-state index is 0.0357. The lowest BCUT2D eigenvalue weighted by Crippen LogP contribution is -2.99. The van der Waals surface area contributed by atoms with Gasteiger partial charge < -0.3 is 25.1 Å². The first kappa shape index (κ1) is 22.9. The summed E-state index contributed by atoms with van der Waals surface area (Å²) in [5.41, 5.74) is 1.42. The topological polar surface area (TPSA) is 132 Å². The van der Waals surface area contributed by atoms with Crippen molar-refractivity contribution in [3.63, 3.8) is 0 Å². The van der Waals surface area contributed by atoms with Gasteiger partial charge in [0, 0.05) is 14.1 Å². The number of quaternary nitrogens is 1. The van der Waals surface area contributed by atoms with Gasteiger partial charge >= 0.3 is 11.8 Å². The van der Waals surface area contributed by atoms with E-state index in [1.165, 1.54) is 34.5 Å². The molecule has 1 atom stereocenters. The largest absolute Gasteiger partial charge is 0.505 e. The summed E-state index contributed by atoms with van der Waals surface area (Å²) in [5.74, 6) is -0.217. The SMILES string of the molecule is CCC(NC1=C(Nc2cccc(C(=O)N(C)C)c2O)C(=O)N(C)[NH2+]C1=O)c1ccc(C)o1. The van der Waals surface area contributed by atoms with Crippen molar-refractivity contribution in [1.29, 1.82) is 0 Å². The fourth-order valence-corrected chi connectivity index (χ4v) is 3.35. The normalized spacial score (nSPS) is 15.1. The Morgan fingerprint density at radius 1 is 1.22 bits per heavy atom. The van der Waals surface area contributed by atoms with Crippen molar-refractivity contribution in [2.24, 2.45) is 0 Å². The Hall–Kier alpha value is -3.79. The molecule has 0 fully saturated rings. The van der Waals surface area contributed by atoms with Crippen LogP contribution in [-0.4, -0.2) is 53.9 Å². The molecule has 1 aliphatic heterocycles. The van der Waals surface area contributed by atoms with E-state index in [9.17, 15) is 19.5 Å². The maximum atomic E-state index is 12.9. The van der Waals surface area contributed by atoms with Gasteiger partial charge in [-0.05, 0) is 37.6 Å². The fourth-order valence-electron chi connectivity index (χ4n) is 3.35. The number of carbonyl (C=O) groups excluding carboxylic acids is 3. The number of rotatable bonds is 7. The third-order valence-electron chi connectivity index (χ3n) is 5.11. The fraction of sp³-hybridized carbons (Fsp3) is 0.318. The molecule has 2 aromatic rings. The summed E-state index contributed by atoms with van der Waals surface area (Å²) in [6, 6.07) is 7.88. The summed E-state index contributed by atoms with van der Waals surface area (Å²) in [5, 5.41) is 17.8. The number of likely N-dealkylation sites (N-methyl/N-ethyl adjacent to an activating group) is 1. The number of phenols is 1. The molecule has 0 aliphatic carbocycles. The Morgan fingerprint density at radius 3 is 2.53 bits per heavy atom. The van der Waals surface area contributed by atoms with E-state index >= 15 is 0 Å². The maximum absolute atomic E-state index is 12.9. The first-order valence-electron chi connectivity index (χ1n) is 10.2. The lowest BCUT2D eigenvalue weighted by molar-refractivity contribution is -0.703. The summed E-state index contributed by atoms with van der Waals surface area (Å²) < 4.78 is 5.69. The molecule has 0 saturated carbocycles. The molecule has 0 spiro atoms. The summed E-state index contributed by atoms with van der Waals surface area (Å²) in [7, 11) is 4.61. The Balaban J connectivity index is 2.03. The van der Waals surface area contributed by atoms with Gasteiger partial charge in [-0.25, -0.2) is 4.79 Å². The minimum atomic E-state index is -0.471. The second-order valence-corrected chi connectivity index (χ2v) is 7.74. The van der Waals surface area contributed by atoms with Crippen LogP contribution in [0.3, 0.4) is 0 Å². The number of primary amides is 1. The number of benzene rings is 1. The number of phenolic OH excluding ortho intramolecular Hbond substituents is 1. The number of anilines is 1. The van der Waals surface area contributed by atoms with Gasteiger partial charge in [0.1, 0.15) is 17.2 Å². The van der Waals surface area contributed by atoms with Crippen LogP contribution in [0.25, 0.3) is 0 Å². The molecule has 1 aliphatic rings. The predicted octanol–water partition coefficient (Wildman–Crippen LogP) is 0.837. The maximum Gasteiger partial charge on any atom is 0.385 e. The molecule has 32 heavy (non-hydrogen) atoms. The van der Waals surface area contributed by atoms with Crippen LogP contribution in [0.15, 0.2) is 46.1 Å². The van der Waals surface area contributed by atoms with Crippen LogP contribution in [0, 0.1) is 6.92 Å². The number of nitrogens with two attached hydrogens (primary N) is 1. The van der Waals surface area contributed by atoms with Crippen LogP contribution < -0.4 is 16.1 Å². The van der Waals surface area contributed by atoms with Gasteiger partial charge in [-0.2, -0.15) is 10.4 Å². The van der Waals surface area contributed by atoms with Crippen LogP contribution in [-0.2, 0) is 9.59 Å². The average molecular weight is 442 g/mol. The van der Waals surface area contributed by atoms with Crippen LogP contribution in [0.5, 0.6) is 5.75 Å². The summed E-state index contributed by atoms with van der Waals surface area (Å²) in [4.78, 5) is 39.4. The average Bonchev–Trinajstić information content (AvgIpc) is 3.18. The highest BCUT2D eigenvalue weighted by atomic mass is 16.3. The molecule has 170 valence electrons. The molecule has 1 unspecified atom stereocenters. The highest BCUT2D eigenvalue weighted by molar-refractivity contribution is 6.06. The number of nitrogens with one attached hydrogen (secondary N) is 2. The molecule has 1 aromatic carbocycles. The molecule has 1 aromatic heterocycles. The van der Waals surface area contributed by atoms with Crippen molar-refractivity contribution in [2.75, 3.05) is 26.5 Å². The number of aryl methyl sites for hydroxylation is 1. The third-order valence-corrected chi connectivity index (χ3v) is 5.11. The van der Waals surface area contributed by atoms with Crippen molar-refractivity contribution in [2.45, 2.75) is 26.3 Å². The molecule has 10 nitrogen and oxygen atoms in total. The first-order chi connectivity index (χ1) is 15.1. The summed E-state index contributed by atoms with van der Waals surface area (Å²) in [6.45, 7) is 3.75. The number of hydrogen-bond acceptors (Lipinski definition) is 7. The van der Waals surface area contributed by atoms with Gasteiger partial charge in [0.05, 0.1) is 24.3 Å². The summed E-state index contributed by atoms with van der Waals surface area (Å²) >= 11 is 0. The van der Waals surface area contributed by atoms with Crippen molar-refractivity contribution >= 4 is 23.4 Å². The van der Waals surface area contributed by atoms with E-state index in [0.29, 0.717) is 12.2 Å². The smallest absolute Gasteiger partial charge is 0.385 e. The molecule has 10 heteroatoms. The van der Waals surface area contributed by atoms with E-state index in [1.54, 1.807) is 20.2 Å². The van der Waals surface area contributed by atoms with E-state index in [1.807, 2.05) is 26.0 Å². The minimum Gasteiger partial charge on any atom is -0.505 e. The van der Waals surface area contributed by atoms with Crippen LogP contribution in [0.2, 0.25) is 0 Å². The quantitative estimate of drug-likeness (QED) is 0.284. The third kappa shape index (κ3) is 4.45. The van der Waals surface area contributed by atoms with Gasteiger partial charge in [0.2, 0.25) is 0 Å². The second-order valence-electron chi connectivity index (χ2n) is 7.74. The van der Waals surface area contributed by atoms with Gasteiger partial charge in [0.15, 0.2) is 11.4 Å². The zero-order valence-electron chi connectivity index (χ0n) is 18.7. The van der Waals surface area contributed by atoms with E-state index < -0.39 is 17.7 Å². The molecule has 0 bridgehead atoms. The van der Waals surface area contributed by atoms with Gasteiger partial charge in [-0.3, -0.25) is 9.59 Å². The number of amides is 3. The Labute approximate surface area is 185 Å². The zero-order valence-corrected chi connectivity index (χ0v) is 18.7. The van der Waals surface area contributed by atoms with Gasteiger partial charge in [0.25, 0.3) is 5.91 Å². The number of hydrogen-bond donors (Lipinski definition) is 4. The molecule has 2 heterocycles. The van der Waals surface area contributed by atoms with Gasteiger partial charge in [-0.1, -0.05) is 13.0 Å². The highest BCUT2D eigenvalue weighted by Crippen LogP contribution is 2.30. The molecule has 5 N–H and O–H groups in total. The number of furan rings is 1. The molecule has 3 amide bonds. The molecular weight excluding hydrogens is 414 g/mol. The monoisotopic (exact) mass is 442 g/mol. The molecule has 3 rings (SSSR count). The summed E-state index contributed by atoms with van der Waals surface area (Å²) in [6.07, 6.45) is 0.596. The van der Waals surface area contributed by atoms with Crippen molar-refractivity contribution in [3.8, 4) is 5.75 Å². The van der Waals surface area contributed by atoms with Crippen LogP contribution >= 0.6 is 0 Å². The van der Waals surface area contributed by atoms with Gasteiger partial charge in [-0.15, -0.1) is 0 Å². The van der Waals surface area contributed by atoms with Crippen LogP contribution in [0.1, 0.15) is 41.3 Å². The molecule has 0 saturated heterocycles. The Kier molecular flexibility index (Phi) is 6.54. The standard InChI is InChI=1S/C22H27N5O5/c1-6-14(16-11-10-12(2)32-16)23-17-18(22(31)27(5)25-20(17)29)24-15-9-7-8-13(19(15)28)21(30)26(3)4/h7-11,14,23-24,28H,6H2,1-5H3,(H,25,29)/p+1. The molecular formula is C22H28N5O5+. The van der Waals surface area contributed by atoms with E-state index in [2.05, 4.69) is 10.6 Å². The van der Waals surface area contributed by atoms with Crippen molar-refractivity contribution < 1.29 is 29.3 Å². The predicted molar refractivity (Wildman–Crippen MR) is 116 cm³/mol. The first-order valence-corrected chi connectivity index (χ1v) is 10.2. The van der Waals surface area contributed by atoms with E-state index in [0.717, 1.165) is 5.76 Å². The second kappa shape index (κ2) is 9.15. The Morgan fingerprint density at radius 2 is 1.94 bits per heavy atom. The molecule has 0 radical (unpaired) electrons.